The van der Waals surface area contributed by atoms with Crippen LogP contribution in [0.25, 0.3) is 0 Å². The number of carbonyl (C=O) groups is 1. The van der Waals surface area contributed by atoms with Gasteiger partial charge in [-0.2, -0.15) is 0 Å². The predicted octanol–water partition coefficient (Wildman–Crippen LogP) is 2.33. The van der Waals surface area contributed by atoms with E-state index in [0.29, 0.717) is 19.6 Å². The maximum Gasteiger partial charge on any atom is 0.223 e. The minimum absolute atomic E-state index is 0.102. The van der Waals surface area contributed by atoms with Gasteiger partial charge in [-0.1, -0.05) is 30.3 Å². The first kappa shape index (κ1) is 17.2. The van der Waals surface area contributed by atoms with Crippen LogP contribution in [0, 0.1) is 5.41 Å². The zero-order valence-electron chi connectivity index (χ0n) is 15.0. The van der Waals surface area contributed by atoms with E-state index in [2.05, 4.69) is 34.1 Å². The predicted molar refractivity (Wildman–Crippen MR) is 99.2 cm³/mol. The van der Waals surface area contributed by atoms with Gasteiger partial charge in [0.25, 0.3) is 0 Å². The summed E-state index contributed by atoms with van der Waals surface area (Å²) in [6, 6.07) is 14.3. The second-order valence-electron chi connectivity index (χ2n) is 7.53. The van der Waals surface area contributed by atoms with Crippen LogP contribution in [0.5, 0.6) is 0 Å². The minimum atomic E-state index is -0.102. The summed E-state index contributed by atoms with van der Waals surface area (Å²) in [7, 11) is 0. The second kappa shape index (κ2) is 7.56. The lowest BCUT2D eigenvalue weighted by molar-refractivity contribution is -0.128. The van der Waals surface area contributed by atoms with Gasteiger partial charge in [0.05, 0.1) is 13.2 Å². The van der Waals surface area contributed by atoms with Crippen LogP contribution in [-0.4, -0.2) is 53.5 Å². The Balaban J connectivity index is 1.45. The molecule has 0 radical (unpaired) electrons. The highest BCUT2D eigenvalue weighted by Crippen LogP contribution is 2.35. The number of nitrogens with zero attached hydrogens (tertiary/aromatic N) is 3. The Hall–Kier alpha value is -2.24. The summed E-state index contributed by atoms with van der Waals surface area (Å²) in [5.41, 5.74) is 2.33. The van der Waals surface area contributed by atoms with Gasteiger partial charge in [-0.25, -0.2) is 0 Å². The van der Waals surface area contributed by atoms with E-state index in [1.54, 1.807) is 0 Å². The molecular weight excluding hydrogens is 326 g/mol. The van der Waals surface area contributed by atoms with Crippen LogP contribution in [0.1, 0.15) is 17.5 Å². The number of benzene rings is 1. The molecule has 2 fully saturated rings. The fraction of sp³-hybridized carbons (Fsp3) is 0.429. The number of ether oxygens (including phenoxy) is 1. The summed E-state index contributed by atoms with van der Waals surface area (Å²) in [4.78, 5) is 21.2. The molecule has 2 aliphatic heterocycles. The van der Waals surface area contributed by atoms with Crippen molar-refractivity contribution in [1.29, 1.82) is 0 Å². The average molecular weight is 351 g/mol. The Kier molecular flexibility index (Phi) is 5.00. The van der Waals surface area contributed by atoms with Gasteiger partial charge in [-0.15, -0.1) is 0 Å². The molecule has 0 aliphatic carbocycles. The normalized spacial score (nSPS) is 24.2. The highest BCUT2D eigenvalue weighted by Gasteiger charge is 2.45. The van der Waals surface area contributed by atoms with Crippen molar-refractivity contribution in [2.75, 3.05) is 32.8 Å². The van der Waals surface area contributed by atoms with E-state index in [-0.39, 0.29) is 11.3 Å². The molecule has 136 valence electrons. The summed E-state index contributed by atoms with van der Waals surface area (Å²) in [6.07, 6.45) is 4.24. The Morgan fingerprint density at radius 1 is 1.00 bits per heavy atom. The maximum absolute atomic E-state index is 12.7. The van der Waals surface area contributed by atoms with E-state index in [9.17, 15) is 4.79 Å². The molecule has 26 heavy (non-hydrogen) atoms. The molecule has 2 aliphatic rings. The summed E-state index contributed by atoms with van der Waals surface area (Å²) in [5, 5.41) is 0. The van der Waals surface area contributed by atoms with Gasteiger partial charge in [0, 0.05) is 57.0 Å². The van der Waals surface area contributed by atoms with E-state index >= 15 is 0 Å². The number of hydrogen-bond acceptors (Lipinski definition) is 4. The van der Waals surface area contributed by atoms with E-state index in [0.717, 1.165) is 32.8 Å². The molecule has 2 aromatic rings. The average Bonchev–Trinajstić information content (AvgIpc) is 2.83. The van der Waals surface area contributed by atoms with Crippen LogP contribution >= 0.6 is 0 Å². The number of amides is 1. The summed E-state index contributed by atoms with van der Waals surface area (Å²) in [5.74, 6) is 0.239. The molecule has 1 amide bonds. The highest BCUT2D eigenvalue weighted by molar-refractivity contribution is 5.79. The van der Waals surface area contributed by atoms with Crippen LogP contribution in [0.3, 0.4) is 0 Å². The Bertz CT molecular complexity index is 737. The van der Waals surface area contributed by atoms with Gasteiger partial charge >= 0.3 is 0 Å². The minimum Gasteiger partial charge on any atom is -0.379 e. The number of pyridine rings is 1. The van der Waals surface area contributed by atoms with Crippen molar-refractivity contribution in [3.05, 3.63) is 66.0 Å². The molecule has 4 rings (SSSR count). The van der Waals surface area contributed by atoms with E-state index in [1.807, 2.05) is 35.5 Å². The summed E-state index contributed by atoms with van der Waals surface area (Å²) in [6.45, 7) is 5.51. The van der Waals surface area contributed by atoms with Crippen molar-refractivity contribution < 1.29 is 9.53 Å². The third kappa shape index (κ3) is 3.94. The van der Waals surface area contributed by atoms with Crippen molar-refractivity contribution >= 4 is 5.91 Å². The quantitative estimate of drug-likeness (QED) is 0.848. The lowest BCUT2D eigenvalue weighted by Gasteiger charge is -2.31. The van der Waals surface area contributed by atoms with E-state index in [1.165, 1.54) is 11.1 Å². The number of aromatic nitrogens is 1. The molecule has 1 aromatic heterocycles. The third-order valence-electron chi connectivity index (χ3n) is 5.30. The third-order valence-corrected chi connectivity index (χ3v) is 5.30. The Morgan fingerprint density at radius 2 is 1.77 bits per heavy atom. The van der Waals surface area contributed by atoms with Crippen molar-refractivity contribution in [1.82, 2.24) is 14.8 Å². The van der Waals surface area contributed by atoms with Crippen LogP contribution in [0.4, 0.5) is 0 Å². The van der Waals surface area contributed by atoms with E-state index < -0.39 is 0 Å². The molecule has 0 saturated carbocycles. The number of likely N-dealkylation sites (tertiary alicyclic amines) is 1. The standard InChI is InChI=1S/C21H25N3O2/c25-20-12-21(16-24(20)14-18-4-2-1-3-5-18)15-23(10-11-26-17-21)13-19-6-8-22-9-7-19/h1-9H,10-17H2/t21-/m1/s1. The molecule has 2 saturated heterocycles. The summed E-state index contributed by atoms with van der Waals surface area (Å²) < 4.78 is 5.91. The molecule has 0 N–H and O–H groups in total. The van der Waals surface area contributed by atoms with Crippen LogP contribution < -0.4 is 0 Å². The first-order valence-corrected chi connectivity index (χ1v) is 9.23. The van der Waals surface area contributed by atoms with Gasteiger partial charge in [0.15, 0.2) is 0 Å². The zero-order chi connectivity index (χ0) is 17.8. The topological polar surface area (TPSA) is 45.7 Å². The van der Waals surface area contributed by atoms with Crippen LogP contribution in [-0.2, 0) is 22.6 Å². The molecule has 1 atom stereocenters. The Morgan fingerprint density at radius 3 is 2.58 bits per heavy atom. The fourth-order valence-electron chi connectivity index (χ4n) is 4.09. The van der Waals surface area contributed by atoms with E-state index in [4.69, 9.17) is 4.74 Å². The molecular formula is C21H25N3O2. The maximum atomic E-state index is 12.7. The van der Waals surface area contributed by atoms with Crippen molar-refractivity contribution in [2.24, 2.45) is 5.41 Å². The largest absolute Gasteiger partial charge is 0.379 e. The van der Waals surface area contributed by atoms with Gasteiger partial charge in [-0.05, 0) is 23.3 Å². The first-order chi connectivity index (χ1) is 12.7. The van der Waals surface area contributed by atoms with Crippen LogP contribution in [0.15, 0.2) is 54.9 Å². The number of rotatable bonds is 4. The number of carbonyl (C=O) groups excluding carboxylic acids is 1. The molecule has 1 aromatic carbocycles. The second-order valence-corrected chi connectivity index (χ2v) is 7.53. The zero-order valence-corrected chi connectivity index (χ0v) is 15.0. The van der Waals surface area contributed by atoms with Gasteiger partial charge < -0.3 is 9.64 Å². The Labute approximate surface area is 154 Å². The fourth-order valence-corrected chi connectivity index (χ4v) is 4.09. The molecule has 5 heteroatoms. The van der Waals surface area contributed by atoms with Gasteiger partial charge in [0.1, 0.15) is 0 Å². The van der Waals surface area contributed by atoms with Gasteiger partial charge in [-0.3, -0.25) is 14.7 Å². The van der Waals surface area contributed by atoms with Crippen molar-refractivity contribution in [3.8, 4) is 0 Å². The molecule has 3 heterocycles. The van der Waals surface area contributed by atoms with Gasteiger partial charge in [0.2, 0.25) is 5.91 Å². The number of hydrogen-bond donors (Lipinski definition) is 0. The monoisotopic (exact) mass is 351 g/mol. The van der Waals surface area contributed by atoms with Crippen molar-refractivity contribution in [3.63, 3.8) is 0 Å². The highest BCUT2D eigenvalue weighted by atomic mass is 16.5. The lowest BCUT2D eigenvalue weighted by atomic mass is 9.87. The lowest BCUT2D eigenvalue weighted by Crippen LogP contribution is -2.40. The smallest absolute Gasteiger partial charge is 0.223 e. The SMILES string of the molecule is O=C1C[C@]2(COCCN(Cc3ccncc3)C2)CN1Cc1ccccc1. The van der Waals surface area contributed by atoms with Crippen molar-refractivity contribution in [2.45, 2.75) is 19.5 Å². The van der Waals surface area contributed by atoms with Crippen LogP contribution in [0.2, 0.25) is 0 Å². The first-order valence-electron chi connectivity index (χ1n) is 9.23. The molecule has 0 bridgehead atoms. The molecule has 5 nitrogen and oxygen atoms in total. The summed E-state index contributed by atoms with van der Waals surface area (Å²) >= 11 is 0. The molecule has 1 spiro atoms. The molecule has 0 unspecified atom stereocenters.